The van der Waals surface area contributed by atoms with Crippen LogP contribution < -0.4 is 0 Å². The minimum atomic E-state index is -0.0749. The van der Waals surface area contributed by atoms with E-state index in [0.29, 0.717) is 10.4 Å². The number of carbonyl (C=O) groups excluding carboxylic acids is 1. The normalized spacial score (nSPS) is 20.4. The van der Waals surface area contributed by atoms with Crippen molar-refractivity contribution in [3.05, 3.63) is 28.6 Å². The number of hydrogen-bond acceptors (Lipinski definition) is 3. The second kappa shape index (κ2) is 5.51. The van der Waals surface area contributed by atoms with Gasteiger partial charge in [-0.3, -0.25) is 4.79 Å². The molecular formula is C12H14BrNO3. The maximum atomic E-state index is 11.9. The number of likely N-dealkylation sites (tertiary alicyclic amines) is 1. The lowest BCUT2D eigenvalue weighted by atomic mass is 10.2. The van der Waals surface area contributed by atoms with Crippen LogP contribution in [0.5, 0.6) is 0 Å². The van der Waals surface area contributed by atoms with E-state index < -0.39 is 0 Å². The predicted octanol–water partition coefficient (Wildman–Crippen LogP) is 2.04. The summed E-state index contributed by atoms with van der Waals surface area (Å²) in [6.45, 7) is 0.752. The Hall–Kier alpha value is -1.07. The Morgan fingerprint density at radius 1 is 1.65 bits per heavy atom. The third-order valence-corrected chi connectivity index (χ3v) is 3.28. The third-order valence-electron chi connectivity index (χ3n) is 2.86. The fourth-order valence-electron chi connectivity index (χ4n) is 1.98. The van der Waals surface area contributed by atoms with E-state index in [1.54, 1.807) is 23.1 Å². The van der Waals surface area contributed by atoms with Gasteiger partial charge >= 0.3 is 0 Å². The fourth-order valence-corrected chi connectivity index (χ4v) is 2.30. The molecule has 1 atom stereocenters. The summed E-state index contributed by atoms with van der Waals surface area (Å²) in [5.41, 5.74) is 0. The molecule has 1 aromatic rings. The summed E-state index contributed by atoms with van der Waals surface area (Å²) in [7, 11) is 0. The minimum absolute atomic E-state index is 0.0320. The van der Waals surface area contributed by atoms with E-state index in [2.05, 4.69) is 15.9 Å². The van der Waals surface area contributed by atoms with Gasteiger partial charge in [0.05, 0.1) is 12.6 Å². The summed E-state index contributed by atoms with van der Waals surface area (Å²) in [5.74, 6) is 0.555. The molecule has 1 fully saturated rings. The average Bonchev–Trinajstić information content (AvgIpc) is 2.94. The lowest BCUT2D eigenvalue weighted by Gasteiger charge is -2.21. The van der Waals surface area contributed by atoms with Gasteiger partial charge in [0, 0.05) is 12.6 Å². The van der Waals surface area contributed by atoms with E-state index in [0.717, 1.165) is 19.4 Å². The van der Waals surface area contributed by atoms with Crippen LogP contribution in [0.4, 0.5) is 0 Å². The van der Waals surface area contributed by atoms with Gasteiger partial charge in [-0.1, -0.05) is 0 Å². The molecule has 0 spiro atoms. The third kappa shape index (κ3) is 2.98. The number of amides is 1. The number of aliphatic hydroxyl groups is 1. The molecule has 1 aromatic heterocycles. The Morgan fingerprint density at radius 2 is 2.47 bits per heavy atom. The van der Waals surface area contributed by atoms with Gasteiger partial charge in [-0.2, -0.15) is 0 Å². The van der Waals surface area contributed by atoms with Gasteiger partial charge in [0.1, 0.15) is 5.76 Å². The van der Waals surface area contributed by atoms with E-state index in [4.69, 9.17) is 9.52 Å². The van der Waals surface area contributed by atoms with Gasteiger partial charge < -0.3 is 14.4 Å². The number of hydrogen-bond donors (Lipinski definition) is 1. The molecule has 1 amide bonds. The molecule has 17 heavy (non-hydrogen) atoms. The highest BCUT2D eigenvalue weighted by Gasteiger charge is 2.26. The highest BCUT2D eigenvalue weighted by molar-refractivity contribution is 9.10. The molecule has 92 valence electrons. The Morgan fingerprint density at radius 3 is 3.12 bits per heavy atom. The van der Waals surface area contributed by atoms with Crippen LogP contribution in [0, 0.1) is 0 Å². The first-order valence-corrected chi connectivity index (χ1v) is 6.35. The van der Waals surface area contributed by atoms with Crippen LogP contribution in [0.3, 0.4) is 0 Å². The highest BCUT2D eigenvalue weighted by atomic mass is 79.9. The number of carbonyl (C=O) groups is 1. The second-order valence-corrected chi connectivity index (χ2v) is 4.77. The first kappa shape index (κ1) is 12.4. The van der Waals surface area contributed by atoms with Gasteiger partial charge in [0.2, 0.25) is 5.91 Å². The smallest absolute Gasteiger partial charge is 0.247 e. The van der Waals surface area contributed by atoms with Crippen LogP contribution in [-0.2, 0) is 4.79 Å². The number of nitrogens with zero attached hydrogens (tertiary/aromatic N) is 1. The Labute approximate surface area is 108 Å². The summed E-state index contributed by atoms with van der Waals surface area (Å²) < 4.78 is 5.90. The average molecular weight is 300 g/mol. The fraction of sp³-hybridized carbons (Fsp3) is 0.417. The van der Waals surface area contributed by atoms with Gasteiger partial charge in [-0.05, 0) is 47.0 Å². The van der Waals surface area contributed by atoms with Crippen LogP contribution in [0.1, 0.15) is 18.6 Å². The van der Waals surface area contributed by atoms with Crippen molar-refractivity contribution in [1.29, 1.82) is 0 Å². The number of halogens is 1. The van der Waals surface area contributed by atoms with Crippen molar-refractivity contribution in [1.82, 2.24) is 4.90 Å². The second-order valence-electron chi connectivity index (χ2n) is 3.99. The predicted molar refractivity (Wildman–Crippen MR) is 67.3 cm³/mol. The van der Waals surface area contributed by atoms with E-state index in [9.17, 15) is 4.79 Å². The zero-order valence-corrected chi connectivity index (χ0v) is 10.9. The largest absolute Gasteiger partial charge is 0.450 e. The Balaban J connectivity index is 1.99. The molecule has 1 unspecified atom stereocenters. The summed E-state index contributed by atoms with van der Waals surface area (Å²) >= 11 is 3.20. The molecule has 1 N–H and O–H groups in total. The van der Waals surface area contributed by atoms with Crippen LogP contribution >= 0.6 is 15.9 Å². The van der Waals surface area contributed by atoms with Crippen molar-refractivity contribution in [2.45, 2.75) is 18.9 Å². The minimum Gasteiger partial charge on any atom is -0.450 e. The zero-order chi connectivity index (χ0) is 12.3. The quantitative estimate of drug-likeness (QED) is 0.869. The van der Waals surface area contributed by atoms with E-state index in [1.165, 1.54) is 6.08 Å². The van der Waals surface area contributed by atoms with Gasteiger partial charge in [0.15, 0.2) is 4.67 Å². The lowest BCUT2D eigenvalue weighted by molar-refractivity contribution is -0.127. The van der Waals surface area contributed by atoms with Crippen LogP contribution in [0.25, 0.3) is 6.08 Å². The van der Waals surface area contributed by atoms with Gasteiger partial charge in [-0.15, -0.1) is 0 Å². The summed E-state index contributed by atoms with van der Waals surface area (Å²) in [4.78, 5) is 13.6. The number of rotatable bonds is 3. The summed E-state index contributed by atoms with van der Waals surface area (Å²) in [6.07, 6.45) is 4.96. The van der Waals surface area contributed by atoms with Gasteiger partial charge in [-0.25, -0.2) is 0 Å². The summed E-state index contributed by atoms with van der Waals surface area (Å²) in [5, 5.41) is 9.13. The van der Waals surface area contributed by atoms with Crippen LogP contribution in [0.15, 0.2) is 27.3 Å². The SMILES string of the molecule is O=C(/C=C/c1ccc(Br)o1)N1CCCC1CO. The van der Waals surface area contributed by atoms with E-state index in [-0.39, 0.29) is 18.6 Å². The van der Waals surface area contributed by atoms with Crippen molar-refractivity contribution < 1.29 is 14.3 Å². The maximum Gasteiger partial charge on any atom is 0.247 e. The monoisotopic (exact) mass is 299 g/mol. The van der Waals surface area contributed by atoms with Crippen LogP contribution in [-0.4, -0.2) is 35.1 Å². The van der Waals surface area contributed by atoms with Crippen molar-refractivity contribution in [3.63, 3.8) is 0 Å². The molecule has 1 saturated heterocycles. The molecule has 2 rings (SSSR count). The number of aliphatic hydroxyl groups excluding tert-OH is 1. The Bertz CT molecular complexity index is 427. The first-order chi connectivity index (χ1) is 8.20. The van der Waals surface area contributed by atoms with Crippen molar-refractivity contribution in [2.24, 2.45) is 0 Å². The molecule has 0 radical (unpaired) electrons. The zero-order valence-electron chi connectivity index (χ0n) is 9.30. The molecule has 1 aliphatic heterocycles. The van der Waals surface area contributed by atoms with Crippen LogP contribution in [0.2, 0.25) is 0 Å². The van der Waals surface area contributed by atoms with Crippen molar-refractivity contribution in [2.75, 3.05) is 13.2 Å². The Kier molecular flexibility index (Phi) is 4.02. The molecule has 4 nitrogen and oxygen atoms in total. The standard InChI is InChI=1S/C12H14BrNO3/c13-11-5-3-10(17-11)4-6-12(16)14-7-1-2-9(14)8-15/h3-6,9,15H,1-2,7-8H2/b6-4+. The topological polar surface area (TPSA) is 53.7 Å². The number of furan rings is 1. The van der Waals surface area contributed by atoms with E-state index in [1.807, 2.05) is 0 Å². The molecule has 0 aliphatic carbocycles. The molecule has 1 aliphatic rings. The molecule has 0 saturated carbocycles. The molecule has 5 heteroatoms. The summed E-state index contributed by atoms with van der Waals surface area (Å²) in [6, 6.07) is 3.52. The lowest BCUT2D eigenvalue weighted by Crippen LogP contribution is -2.36. The maximum absolute atomic E-state index is 11.9. The van der Waals surface area contributed by atoms with E-state index >= 15 is 0 Å². The highest BCUT2D eigenvalue weighted by Crippen LogP contribution is 2.18. The van der Waals surface area contributed by atoms with Crippen molar-refractivity contribution in [3.8, 4) is 0 Å². The molecule has 2 heterocycles. The van der Waals surface area contributed by atoms with Gasteiger partial charge in [0.25, 0.3) is 0 Å². The molecule has 0 aromatic carbocycles. The molecule has 0 bridgehead atoms. The first-order valence-electron chi connectivity index (χ1n) is 5.55. The van der Waals surface area contributed by atoms with Crippen molar-refractivity contribution >= 4 is 27.9 Å². The molecular weight excluding hydrogens is 286 g/mol.